The van der Waals surface area contributed by atoms with Gasteiger partial charge in [-0.05, 0) is 18.9 Å². The Labute approximate surface area is 112 Å². The summed E-state index contributed by atoms with van der Waals surface area (Å²) in [5.41, 5.74) is 0.276. The van der Waals surface area contributed by atoms with Crippen LogP contribution in [-0.2, 0) is 0 Å². The quantitative estimate of drug-likeness (QED) is 0.840. The minimum atomic E-state index is -0.210. The average Bonchev–Trinajstić information content (AvgIpc) is 2.46. The average molecular weight is 258 g/mol. The van der Waals surface area contributed by atoms with Crippen molar-refractivity contribution in [2.45, 2.75) is 38.1 Å². The number of nitrogens with one attached hydrogen (secondary N) is 1. The second-order valence-electron chi connectivity index (χ2n) is 4.87. The zero-order valence-electron chi connectivity index (χ0n) is 10.9. The van der Waals surface area contributed by atoms with Crippen LogP contribution in [0.25, 0.3) is 0 Å². The van der Waals surface area contributed by atoms with Crippen LogP contribution in [0.3, 0.4) is 0 Å². The molecule has 1 aromatic heterocycles. The van der Waals surface area contributed by atoms with Gasteiger partial charge in [-0.15, -0.1) is 6.42 Å². The SMILES string of the molecule is C#CCN(C(=O)c1ccc(=O)[nH]c1)C1CCCCC1. The normalized spacial score (nSPS) is 15.7. The fraction of sp³-hybridized carbons (Fsp3) is 0.467. The van der Waals surface area contributed by atoms with Crippen LogP contribution in [0, 0.1) is 12.3 Å². The van der Waals surface area contributed by atoms with Crippen LogP contribution in [-0.4, -0.2) is 28.4 Å². The molecule has 1 saturated carbocycles. The van der Waals surface area contributed by atoms with Crippen molar-refractivity contribution in [2.24, 2.45) is 0 Å². The lowest BCUT2D eigenvalue weighted by molar-refractivity contribution is 0.0667. The minimum absolute atomic E-state index is 0.0962. The highest BCUT2D eigenvalue weighted by Crippen LogP contribution is 2.23. The van der Waals surface area contributed by atoms with E-state index in [-0.39, 0.29) is 17.5 Å². The van der Waals surface area contributed by atoms with Gasteiger partial charge >= 0.3 is 0 Å². The molecule has 19 heavy (non-hydrogen) atoms. The molecule has 0 radical (unpaired) electrons. The molecular weight excluding hydrogens is 240 g/mol. The molecule has 1 aromatic rings. The fourth-order valence-electron chi connectivity index (χ4n) is 2.57. The lowest BCUT2D eigenvalue weighted by Crippen LogP contribution is -2.41. The molecule has 1 aliphatic carbocycles. The Morgan fingerprint density at radius 2 is 2.11 bits per heavy atom. The summed E-state index contributed by atoms with van der Waals surface area (Å²) in [4.78, 5) is 27.8. The minimum Gasteiger partial charge on any atom is -0.328 e. The van der Waals surface area contributed by atoms with Crippen molar-refractivity contribution >= 4 is 5.91 Å². The van der Waals surface area contributed by atoms with Gasteiger partial charge in [0.15, 0.2) is 0 Å². The van der Waals surface area contributed by atoms with Gasteiger partial charge in [-0.2, -0.15) is 0 Å². The van der Waals surface area contributed by atoms with Crippen LogP contribution < -0.4 is 5.56 Å². The smallest absolute Gasteiger partial charge is 0.256 e. The van der Waals surface area contributed by atoms with Gasteiger partial charge in [0.1, 0.15) is 0 Å². The highest BCUT2D eigenvalue weighted by Gasteiger charge is 2.25. The largest absolute Gasteiger partial charge is 0.328 e. The second kappa shape index (κ2) is 6.24. The molecule has 0 atom stereocenters. The predicted molar refractivity (Wildman–Crippen MR) is 73.8 cm³/mol. The van der Waals surface area contributed by atoms with E-state index in [9.17, 15) is 9.59 Å². The van der Waals surface area contributed by atoms with Gasteiger partial charge in [-0.1, -0.05) is 25.2 Å². The molecule has 1 amide bonds. The van der Waals surface area contributed by atoms with Gasteiger partial charge in [0.25, 0.3) is 5.91 Å². The number of carbonyl (C=O) groups is 1. The Morgan fingerprint density at radius 1 is 1.37 bits per heavy atom. The predicted octanol–water partition coefficient (Wildman–Crippen LogP) is 1.78. The molecule has 1 aliphatic rings. The number of H-pyrrole nitrogens is 1. The van der Waals surface area contributed by atoms with E-state index in [1.54, 1.807) is 11.0 Å². The standard InChI is InChI=1S/C15H18N2O2/c1-2-10-17(13-6-4-3-5-7-13)15(19)12-8-9-14(18)16-11-12/h1,8-9,11,13H,3-7,10H2,(H,16,18). The maximum Gasteiger partial charge on any atom is 0.256 e. The van der Waals surface area contributed by atoms with Crippen LogP contribution in [0.5, 0.6) is 0 Å². The Kier molecular flexibility index (Phi) is 4.40. The molecule has 0 saturated heterocycles. The van der Waals surface area contributed by atoms with Crippen molar-refractivity contribution in [3.63, 3.8) is 0 Å². The molecular formula is C15H18N2O2. The fourth-order valence-corrected chi connectivity index (χ4v) is 2.57. The highest BCUT2D eigenvalue weighted by molar-refractivity contribution is 5.94. The van der Waals surface area contributed by atoms with Gasteiger partial charge < -0.3 is 9.88 Å². The van der Waals surface area contributed by atoms with E-state index in [0.717, 1.165) is 25.7 Å². The third-order valence-corrected chi connectivity index (χ3v) is 3.57. The van der Waals surface area contributed by atoms with E-state index in [1.807, 2.05) is 0 Å². The number of carbonyl (C=O) groups excluding carboxylic acids is 1. The number of amides is 1. The van der Waals surface area contributed by atoms with E-state index >= 15 is 0 Å². The molecule has 4 nitrogen and oxygen atoms in total. The van der Waals surface area contributed by atoms with E-state index in [4.69, 9.17) is 6.42 Å². The van der Waals surface area contributed by atoms with E-state index in [1.165, 1.54) is 18.7 Å². The molecule has 100 valence electrons. The summed E-state index contributed by atoms with van der Waals surface area (Å²) in [6.07, 6.45) is 12.4. The summed E-state index contributed by atoms with van der Waals surface area (Å²) < 4.78 is 0. The molecule has 4 heteroatoms. The second-order valence-corrected chi connectivity index (χ2v) is 4.87. The number of aromatic amines is 1. The highest BCUT2D eigenvalue weighted by atomic mass is 16.2. The summed E-state index contributed by atoms with van der Waals surface area (Å²) >= 11 is 0. The van der Waals surface area contributed by atoms with Crippen molar-refractivity contribution in [1.29, 1.82) is 0 Å². The third-order valence-electron chi connectivity index (χ3n) is 3.57. The van der Waals surface area contributed by atoms with Crippen LogP contribution in [0.4, 0.5) is 0 Å². The molecule has 0 aliphatic heterocycles. The monoisotopic (exact) mass is 258 g/mol. The Morgan fingerprint density at radius 3 is 2.68 bits per heavy atom. The van der Waals surface area contributed by atoms with E-state index in [2.05, 4.69) is 10.9 Å². The molecule has 0 bridgehead atoms. The summed E-state index contributed by atoms with van der Waals surface area (Å²) in [7, 11) is 0. The van der Waals surface area contributed by atoms with Crippen molar-refractivity contribution in [3.05, 3.63) is 34.2 Å². The lowest BCUT2D eigenvalue weighted by Gasteiger charge is -2.33. The summed E-state index contributed by atoms with van der Waals surface area (Å²) in [6.45, 7) is 0.322. The lowest BCUT2D eigenvalue weighted by atomic mass is 9.94. The number of pyridine rings is 1. The summed E-state index contributed by atoms with van der Waals surface area (Å²) in [5.74, 6) is 2.46. The zero-order chi connectivity index (χ0) is 13.7. The first-order chi connectivity index (χ1) is 9.22. The number of hydrogen-bond acceptors (Lipinski definition) is 2. The van der Waals surface area contributed by atoms with Crippen molar-refractivity contribution in [2.75, 3.05) is 6.54 Å². The number of hydrogen-bond donors (Lipinski definition) is 1. The van der Waals surface area contributed by atoms with Crippen molar-refractivity contribution < 1.29 is 4.79 Å². The molecule has 0 unspecified atom stereocenters. The van der Waals surface area contributed by atoms with Crippen LogP contribution in [0.1, 0.15) is 42.5 Å². The summed E-state index contributed by atoms with van der Waals surface area (Å²) in [5, 5.41) is 0. The third kappa shape index (κ3) is 3.25. The first kappa shape index (κ1) is 13.4. The van der Waals surface area contributed by atoms with Crippen LogP contribution in [0.15, 0.2) is 23.1 Å². The Bertz CT molecular complexity index is 515. The van der Waals surface area contributed by atoms with Crippen LogP contribution >= 0.6 is 0 Å². The Hall–Kier alpha value is -2.02. The number of nitrogens with zero attached hydrogens (tertiary/aromatic N) is 1. The first-order valence-corrected chi connectivity index (χ1v) is 6.65. The van der Waals surface area contributed by atoms with Gasteiger partial charge in [0.05, 0.1) is 12.1 Å². The first-order valence-electron chi connectivity index (χ1n) is 6.65. The number of aromatic nitrogens is 1. The van der Waals surface area contributed by atoms with Gasteiger partial charge in [-0.3, -0.25) is 9.59 Å². The molecule has 2 rings (SSSR count). The van der Waals surface area contributed by atoms with E-state index < -0.39 is 0 Å². The van der Waals surface area contributed by atoms with Gasteiger partial charge in [0.2, 0.25) is 5.56 Å². The van der Waals surface area contributed by atoms with Crippen LogP contribution in [0.2, 0.25) is 0 Å². The van der Waals surface area contributed by atoms with Crippen molar-refractivity contribution in [3.8, 4) is 12.3 Å². The van der Waals surface area contributed by atoms with Gasteiger partial charge in [0, 0.05) is 18.3 Å². The molecule has 1 fully saturated rings. The molecule has 1 heterocycles. The molecule has 0 aromatic carbocycles. The maximum atomic E-state index is 12.5. The Balaban J connectivity index is 2.18. The molecule has 0 spiro atoms. The molecule has 1 N–H and O–H groups in total. The zero-order valence-corrected chi connectivity index (χ0v) is 10.9. The maximum absolute atomic E-state index is 12.5. The van der Waals surface area contributed by atoms with E-state index in [0.29, 0.717) is 12.1 Å². The van der Waals surface area contributed by atoms with Gasteiger partial charge in [-0.25, -0.2) is 0 Å². The number of rotatable bonds is 3. The number of terminal acetylenes is 1. The summed E-state index contributed by atoms with van der Waals surface area (Å²) in [6, 6.07) is 3.14. The van der Waals surface area contributed by atoms with Crippen molar-refractivity contribution in [1.82, 2.24) is 9.88 Å². The topological polar surface area (TPSA) is 53.2 Å².